The maximum atomic E-state index is 12.4. The first-order chi connectivity index (χ1) is 13.5. The highest BCUT2D eigenvalue weighted by Gasteiger charge is 2.14. The smallest absolute Gasteiger partial charge is 0.193 e. The van der Waals surface area contributed by atoms with Gasteiger partial charge in [-0.3, -0.25) is 4.99 Å². The molecule has 0 bridgehead atoms. The molecule has 2 aromatic carbocycles. The molecule has 0 heterocycles. The number of benzene rings is 2. The van der Waals surface area contributed by atoms with E-state index in [1.807, 2.05) is 49.2 Å². The van der Waals surface area contributed by atoms with Crippen molar-refractivity contribution in [1.82, 2.24) is 10.2 Å². The number of guanidine groups is 1. The molecule has 2 aromatic rings. The van der Waals surface area contributed by atoms with Gasteiger partial charge in [-0.25, -0.2) is 8.42 Å². The number of hydrogen-bond donors (Lipinski definition) is 1. The Labute approximate surface area is 168 Å². The molecule has 0 amide bonds. The summed E-state index contributed by atoms with van der Waals surface area (Å²) in [6, 6.07) is 16.4. The van der Waals surface area contributed by atoms with Crippen LogP contribution in [0.25, 0.3) is 0 Å². The Morgan fingerprint density at radius 2 is 1.79 bits per heavy atom. The Kier molecular flexibility index (Phi) is 8.32. The van der Waals surface area contributed by atoms with Crippen LogP contribution >= 0.6 is 0 Å². The summed E-state index contributed by atoms with van der Waals surface area (Å²) in [5, 5.41) is 3.26. The van der Waals surface area contributed by atoms with Gasteiger partial charge < -0.3 is 15.0 Å². The van der Waals surface area contributed by atoms with Gasteiger partial charge in [-0.15, -0.1) is 0 Å². The Hall–Kier alpha value is -2.54. The first-order valence-electron chi connectivity index (χ1n) is 9.37. The summed E-state index contributed by atoms with van der Waals surface area (Å²) in [5.41, 5.74) is 1.06. The van der Waals surface area contributed by atoms with Crippen LogP contribution in [0.3, 0.4) is 0 Å². The summed E-state index contributed by atoms with van der Waals surface area (Å²) < 4.78 is 30.1. The van der Waals surface area contributed by atoms with E-state index in [4.69, 9.17) is 4.74 Å². The number of aliphatic imine (C=N–C) groups is 1. The molecule has 7 heteroatoms. The minimum Gasteiger partial charge on any atom is -0.496 e. The molecule has 0 radical (unpaired) electrons. The molecule has 0 spiro atoms. The van der Waals surface area contributed by atoms with Crippen LogP contribution in [0.5, 0.6) is 5.75 Å². The van der Waals surface area contributed by atoms with Gasteiger partial charge in [0.2, 0.25) is 0 Å². The number of rotatable bonds is 9. The fourth-order valence-corrected chi connectivity index (χ4v) is 4.14. The predicted octanol–water partition coefficient (Wildman–Crippen LogP) is 2.96. The first kappa shape index (κ1) is 21.8. The van der Waals surface area contributed by atoms with Gasteiger partial charge in [0.1, 0.15) is 5.75 Å². The van der Waals surface area contributed by atoms with E-state index in [-0.39, 0.29) is 5.75 Å². The zero-order valence-corrected chi connectivity index (χ0v) is 17.6. The summed E-state index contributed by atoms with van der Waals surface area (Å²) in [4.78, 5) is 6.96. The first-order valence-corrected chi connectivity index (χ1v) is 11.0. The van der Waals surface area contributed by atoms with Crippen molar-refractivity contribution in [3.8, 4) is 5.75 Å². The third-order valence-electron chi connectivity index (χ3n) is 4.23. The molecule has 0 aliphatic rings. The largest absolute Gasteiger partial charge is 0.496 e. The summed E-state index contributed by atoms with van der Waals surface area (Å²) >= 11 is 0. The van der Waals surface area contributed by atoms with E-state index in [9.17, 15) is 8.42 Å². The van der Waals surface area contributed by atoms with E-state index in [2.05, 4.69) is 10.3 Å². The Morgan fingerprint density at radius 1 is 1.11 bits per heavy atom. The molecule has 0 unspecified atom stereocenters. The lowest BCUT2D eigenvalue weighted by Crippen LogP contribution is -2.38. The van der Waals surface area contributed by atoms with Gasteiger partial charge in [0.05, 0.1) is 17.8 Å². The monoisotopic (exact) mass is 403 g/mol. The zero-order valence-electron chi connectivity index (χ0n) is 16.8. The lowest BCUT2D eigenvalue weighted by atomic mass is 10.2. The highest BCUT2D eigenvalue weighted by Crippen LogP contribution is 2.18. The molecule has 0 aliphatic heterocycles. The van der Waals surface area contributed by atoms with Crippen LogP contribution in [-0.2, 0) is 16.4 Å². The normalized spacial score (nSPS) is 11.9. The maximum Gasteiger partial charge on any atom is 0.193 e. The molecule has 0 aromatic heterocycles. The molecule has 0 saturated carbocycles. The molecule has 0 saturated heterocycles. The highest BCUT2D eigenvalue weighted by atomic mass is 32.2. The number of hydrogen-bond acceptors (Lipinski definition) is 4. The fourth-order valence-electron chi connectivity index (χ4n) is 2.82. The third kappa shape index (κ3) is 6.27. The lowest BCUT2D eigenvalue weighted by molar-refractivity contribution is 0.396. The third-order valence-corrected chi connectivity index (χ3v) is 6.05. The van der Waals surface area contributed by atoms with E-state index in [1.54, 1.807) is 31.4 Å². The van der Waals surface area contributed by atoms with Crippen LogP contribution in [0.4, 0.5) is 0 Å². The van der Waals surface area contributed by atoms with Crippen LogP contribution < -0.4 is 10.1 Å². The molecule has 0 aliphatic carbocycles. The lowest BCUT2D eigenvalue weighted by Gasteiger charge is -2.23. The molecule has 0 fully saturated rings. The van der Waals surface area contributed by atoms with Crippen LogP contribution in [-0.4, -0.2) is 52.3 Å². The van der Waals surface area contributed by atoms with Crippen molar-refractivity contribution in [2.24, 2.45) is 4.99 Å². The number of nitrogens with zero attached hydrogens (tertiary/aromatic N) is 2. The summed E-state index contributed by atoms with van der Waals surface area (Å²) in [7, 11) is 0.343. The van der Waals surface area contributed by atoms with Gasteiger partial charge >= 0.3 is 0 Å². The minimum atomic E-state index is -3.27. The molecular weight excluding hydrogens is 374 g/mol. The Bertz CT molecular complexity index is 867. The quantitative estimate of drug-likeness (QED) is 0.396. The van der Waals surface area contributed by atoms with Crippen molar-refractivity contribution in [3.05, 3.63) is 60.2 Å². The Balaban J connectivity index is 1.98. The standard InChI is InChI=1S/C21H29N3O3S/c1-4-22-21(24(2)17-18-11-8-9-14-20(18)27-3)23-15-10-16-28(25,26)19-12-6-5-7-13-19/h5-9,11-14H,4,10,15-17H2,1-3H3,(H,22,23). The van der Waals surface area contributed by atoms with Crippen LogP contribution in [0, 0.1) is 0 Å². The van der Waals surface area contributed by atoms with Crippen molar-refractivity contribution in [1.29, 1.82) is 0 Å². The number of para-hydroxylation sites is 1. The van der Waals surface area contributed by atoms with E-state index < -0.39 is 9.84 Å². The second kappa shape index (κ2) is 10.7. The average molecular weight is 404 g/mol. The van der Waals surface area contributed by atoms with Crippen LogP contribution in [0.1, 0.15) is 18.9 Å². The van der Waals surface area contributed by atoms with Crippen molar-refractivity contribution < 1.29 is 13.2 Å². The molecule has 1 N–H and O–H groups in total. The number of ether oxygens (including phenoxy) is 1. The van der Waals surface area contributed by atoms with Gasteiger partial charge in [-0.05, 0) is 31.5 Å². The van der Waals surface area contributed by atoms with E-state index in [0.29, 0.717) is 24.4 Å². The molecule has 6 nitrogen and oxygen atoms in total. The number of methoxy groups -OCH3 is 1. The molecular formula is C21H29N3O3S. The van der Waals surface area contributed by atoms with E-state index in [1.165, 1.54) is 0 Å². The summed E-state index contributed by atoms with van der Waals surface area (Å²) in [6.45, 7) is 3.81. The van der Waals surface area contributed by atoms with Crippen LogP contribution in [0.15, 0.2) is 64.5 Å². The summed E-state index contributed by atoms with van der Waals surface area (Å²) in [5.74, 6) is 1.65. The van der Waals surface area contributed by atoms with Crippen molar-refractivity contribution in [3.63, 3.8) is 0 Å². The topological polar surface area (TPSA) is 71.0 Å². The molecule has 0 atom stereocenters. The second-order valence-corrected chi connectivity index (χ2v) is 8.50. The van der Waals surface area contributed by atoms with Gasteiger partial charge in [0.15, 0.2) is 15.8 Å². The van der Waals surface area contributed by atoms with E-state index in [0.717, 1.165) is 23.8 Å². The van der Waals surface area contributed by atoms with Gasteiger partial charge in [0, 0.05) is 32.2 Å². The summed E-state index contributed by atoms with van der Waals surface area (Å²) in [6.07, 6.45) is 0.467. The van der Waals surface area contributed by atoms with E-state index >= 15 is 0 Å². The highest BCUT2D eigenvalue weighted by molar-refractivity contribution is 7.91. The zero-order chi connectivity index (χ0) is 20.4. The van der Waals surface area contributed by atoms with Gasteiger partial charge in [-0.2, -0.15) is 0 Å². The fraction of sp³-hybridized carbons (Fsp3) is 0.381. The number of nitrogens with one attached hydrogen (secondary N) is 1. The minimum absolute atomic E-state index is 0.0795. The van der Waals surface area contributed by atoms with Crippen molar-refractivity contribution in [2.45, 2.75) is 24.8 Å². The molecule has 152 valence electrons. The van der Waals surface area contributed by atoms with Gasteiger partial charge in [-0.1, -0.05) is 36.4 Å². The average Bonchev–Trinajstić information content (AvgIpc) is 2.71. The van der Waals surface area contributed by atoms with Crippen LogP contribution in [0.2, 0.25) is 0 Å². The number of sulfone groups is 1. The Morgan fingerprint density at radius 3 is 2.46 bits per heavy atom. The maximum absolute atomic E-state index is 12.4. The molecule has 28 heavy (non-hydrogen) atoms. The van der Waals surface area contributed by atoms with Crippen molar-refractivity contribution >= 4 is 15.8 Å². The SMILES string of the molecule is CCNC(=NCCCS(=O)(=O)c1ccccc1)N(C)Cc1ccccc1OC. The van der Waals surface area contributed by atoms with Gasteiger partial charge in [0.25, 0.3) is 0 Å². The molecule has 2 rings (SSSR count). The predicted molar refractivity (Wildman–Crippen MR) is 114 cm³/mol. The van der Waals surface area contributed by atoms with Crippen molar-refractivity contribution in [2.75, 3.05) is 33.0 Å². The second-order valence-electron chi connectivity index (χ2n) is 6.39.